The second kappa shape index (κ2) is 8.52. The summed E-state index contributed by atoms with van der Waals surface area (Å²) in [6.07, 6.45) is 1.39. The number of hydrogen-bond acceptors (Lipinski definition) is 4. The van der Waals surface area contributed by atoms with E-state index in [2.05, 4.69) is 19.2 Å². The van der Waals surface area contributed by atoms with Crippen LogP contribution in [-0.4, -0.2) is 26.7 Å². The van der Waals surface area contributed by atoms with E-state index in [-0.39, 0.29) is 11.8 Å². The van der Waals surface area contributed by atoms with Gasteiger partial charge in [-0.15, -0.1) is 0 Å². The van der Waals surface area contributed by atoms with Crippen LogP contribution in [0.25, 0.3) is 0 Å². The van der Waals surface area contributed by atoms with Gasteiger partial charge in [0.05, 0.1) is 14.2 Å². The van der Waals surface area contributed by atoms with Gasteiger partial charge >= 0.3 is 0 Å². The minimum Gasteiger partial charge on any atom is -0.493 e. The minimum atomic E-state index is -0.0293. The standard InChI is InChI=1S/C16H26N2O3/c1-11(2)7-12(10-17)8-16(19)18-13-5-6-14(20-3)15(9-13)21-4/h5-6,9,11-12H,7-8,10,17H2,1-4H3,(H,18,19)/t12-/m0/s1. The lowest BCUT2D eigenvalue weighted by molar-refractivity contribution is -0.117. The van der Waals surface area contributed by atoms with Crippen molar-refractivity contribution < 1.29 is 14.3 Å². The number of amides is 1. The van der Waals surface area contributed by atoms with Gasteiger partial charge in [-0.1, -0.05) is 13.8 Å². The first-order valence-corrected chi connectivity index (χ1v) is 7.22. The number of nitrogens with two attached hydrogens (primary N) is 1. The zero-order valence-electron chi connectivity index (χ0n) is 13.3. The first-order valence-electron chi connectivity index (χ1n) is 7.22. The van der Waals surface area contributed by atoms with E-state index in [0.717, 1.165) is 6.42 Å². The Labute approximate surface area is 126 Å². The molecular formula is C16H26N2O3. The number of hydrogen-bond donors (Lipinski definition) is 2. The molecule has 0 bridgehead atoms. The molecular weight excluding hydrogens is 268 g/mol. The SMILES string of the molecule is COc1ccc(NC(=O)C[C@@H](CN)CC(C)C)cc1OC. The fraction of sp³-hybridized carbons (Fsp3) is 0.562. The molecule has 0 unspecified atom stereocenters. The van der Waals surface area contributed by atoms with Gasteiger partial charge in [-0.2, -0.15) is 0 Å². The molecule has 0 aliphatic carbocycles. The molecule has 1 atom stereocenters. The summed E-state index contributed by atoms with van der Waals surface area (Å²) >= 11 is 0. The van der Waals surface area contributed by atoms with Gasteiger partial charge in [0, 0.05) is 18.2 Å². The van der Waals surface area contributed by atoms with E-state index in [1.54, 1.807) is 32.4 Å². The third-order valence-corrected chi connectivity index (χ3v) is 3.28. The van der Waals surface area contributed by atoms with Gasteiger partial charge in [-0.3, -0.25) is 4.79 Å². The fourth-order valence-electron chi connectivity index (χ4n) is 2.32. The molecule has 118 valence electrons. The predicted molar refractivity (Wildman–Crippen MR) is 84.8 cm³/mol. The Morgan fingerprint density at radius 3 is 2.43 bits per heavy atom. The van der Waals surface area contributed by atoms with E-state index in [9.17, 15) is 4.79 Å². The highest BCUT2D eigenvalue weighted by Gasteiger charge is 2.15. The molecule has 0 aliphatic rings. The number of rotatable bonds is 8. The van der Waals surface area contributed by atoms with Crippen LogP contribution in [0.1, 0.15) is 26.7 Å². The Bertz CT molecular complexity index is 461. The predicted octanol–water partition coefficient (Wildman–Crippen LogP) is 2.65. The van der Waals surface area contributed by atoms with Crippen LogP contribution in [0.2, 0.25) is 0 Å². The molecule has 0 radical (unpaired) electrons. The maximum atomic E-state index is 12.1. The molecule has 1 aromatic carbocycles. The van der Waals surface area contributed by atoms with Crippen LogP contribution in [0.15, 0.2) is 18.2 Å². The maximum Gasteiger partial charge on any atom is 0.224 e. The molecule has 0 saturated heterocycles. The first-order chi connectivity index (χ1) is 9.99. The summed E-state index contributed by atoms with van der Waals surface area (Å²) in [5.74, 6) is 1.94. The normalized spacial score (nSPS) is 12.1. The molecule has 5 heteroatoms. The summed E-state index contributed by atoms with van der Waals surface area (Å²) in [5, 5.41) is 2.88. The summed E-state index contributed by atoms with van der Waals surface area (Å²) in [4.78, 5) is 12.1. The quantitative estimate of drug-likeness (QED) is 0.773. The van der Waals surface area contributed by atoms with Crippen molar-refractivity contribution >= 4 is 11.6 Å². The molecule has 0 heterocycles. The molecule has 0 saturated carbocycles. The van der Waals surface area contributed by atoms with Crippen LogP contribution in [0.4, 0.5) is 5.69 Å². The number of ether oxygens (including phenoxy) is 2. The van der Waals surface area contributed by atoms with E-state index < -0.39 is 0 Å². The van der Waals surface area contributed by atoms with Gasteiger partial charge in [0.15, 0.2) is 11.5 Å². The Hall–Kier alpha value is -1.75. The maximum absolute atomic E-state index is 12.1. The van der Waals surface area contributed by atoms with Crippen LogP contribution < -0.4 is 20.5 Å². The third kappa shape index (κ3) is 5.63. The molecule has 1 aromatic rings. The van der Waals surface area contributed by atoms with Gasteiger partial charge in [0.2, 0.25) is 5.91 Å². The van der Waals surface area contributed by atoms with Crippen LogP contribution in [-0.2, 0) is 4.79 Å². The van der Waals surface area contributed by atoms with Crippen molar-refractivity contribution in [2.24, 2.45) is 17.6 Å². The van der Waals surface area contributed by atoms with Gasteiger partial charge in [-0.25, -0.2) is 0 Å². The zero-order chi connectivity index (χ0) is 15.8. The van der Waals surface area contributed by atoms with Crippen LogP contribution in [0, 0.1) is 11.8 Å². The number of methoxy groups -OCH3 is 2. The highest BCUT2D eigenvalue weighted by atomic mass is 16.5. The number of benzene rings is 1. The zero-order valence-corrected chi connectivity index (χ0v) is 13.3. The number of carbonyl (C=O) groups is 1. The first kappa shape index (κ1) is 17.3. The molecule has 0 fully saturated rings. The van der Waals surface area contributed by atoms with E-state index >= 15 is 0 Å². The van der Waals surface area contributed by atoms with Gasteiger partial charge in [0.25, 0.3) is 0 Å². The van der Waals surface area contributed by atoms with E-state index in [0.29, 0.717) is 36.1 Å². The number of anilines is 1. The summed E-state index contributed by atoms with van der Waals surface area (Å²) in [7, 11) is 3.14. The number of carbonyl (C=O) groups excluding carboxylic acids is 1. The minimum absolute atomic E-state index is 0.0293. The van der Waals surface area contributed by atoms with Crippen molar-refractivity contribution in [3.05, 3.63) is 18.2 Å². The second-order valence-electron chi connectivity index (χ2n) is 5.55. The summed E-state index contributed by atoms with van der Waals surface area (Å²) in [5.41, 5.74) is 6.42. The van der Waals surface area contributed by atoms with Crippen LogP contribution in [0.5, 0.6) is 11.5 Å². The van der Waals surface area contributed by atoms with Crippen molar-refractivity contribution in [1.82, 2.24) is 0 Å². The number of nitrogens with one attached hydrogen (secondary N) is 1. The molecule has 0 spiro atoms. The van der Waals surface area contributed by atoms with Gasteiger partial charge in [0.1, 0.15) is 0 Å². The van der Waals surface area contributed by atoms with Crippen LogP contribution in [0.3, 0.4) is 0 Å². The molecule has 1 rings (SSSR count). The lowest BCUT2D eigenvalue weighted by atomic mass is 9.94. The van der Waals surface area contributed by atoms with Crippen LogP contribution >= 0.6 is 0 Å². The Morgan fingerprint density at radius 1 is 1.24 bits per heavy atom. The second-order valence-corrected chi connectivity index (χ2v) is 5.55. The molecule has 5 nitrogen and oxygen atoms in total. The fourth-order valence-corrected chi connectivity index (χ4v) is 2.32. The monoisotopic (exact) mass is 294 g/mol. The highest BCUT2D eigenvalue weighted by Crippen LogP contribution is 2.29. The van der Waals surface area contributed by atoms with Crippen molar-refractivity contribution in [3.8, 4) is 11.5 Å². The van der Waals surface area contributed by atoms with Gasteiger partial charge < -0.3 is 20.5 Å². The Kier molecular flexibility index (Phi) is 7.02. The molecule has 0 aliphatic heterocycles. The Morgan fingerprint density at radius 2 is 1.90 bits per heavy atom. The average Bonchev–Trinajstić information content (AvgIpc) is 2.45. The van der Waals surface area contributed by atoms with Crippen molar-refractivity contribution in [2.45, 2.75) is 26.7 Å². The van der Waals surface area contributed by atoms with E-state index in [1.165, 1.54) is 0 Å². The summed E-state index contributed by atoms with van der Waals surface area (Å²) < 4.78 is 10.4. The lowest BCUT2D eigenvalue weighted by Crippen LogP contribution is -2.23. The largest absolute Gasteiger partial charge is 0.493 e. The van der Waals surface area contributed by atoms with Crippen molar-refractivity contribution in [3.63, 3.8) is 0 Å². The van der Waals surface area contributed by atoms with Gasteiger partial charge in [-0.05, 0) is 36.9 Å². The summed E-state index contributed by atoms with van der Waals surface area (Å²) in [6.45, 7) is 4.79. The Balaban J connectivity index is 2.65. The topological polar surface area (TPSA) is 73.6 Å². The molecule has 1 amide bonds. The molecule has 3 N–H and O–H groups in total. The lowest BCUT2D eigenvalue weighted by Gasteiger charge is -2.17. The smallest absolute Gasteiger partial charge is 0.224 e. The van der Waals surface area contributed by atoms with E-state index in [4.69, 9.17) is 15.2 Å². The highest BCUT2D eigenvalue weighted by molar-refractivity contribution is 5.91. The van der Waals surface area contributed by atoms with Crippen molar-refractivity contribution in [1.29, 1.82) is 0 Å². The molecule has 0 aromatic heterocycles. The van der Waals surface area contributed by atoms with Crippen molar-refractivity contribution in [2.75, 3.05) is 26.1 Å². The summed E-state index contributed by atoms with van der Waals surface area (Å²) in [6, 6.07) is 5.30. The third-order valence-electron chi connectivity index (χ3n) is 3.28. The van der Waals surface area contributed by atoms with E-state index in [1.807, 2.05) is 0 Å². The average molecular weight is 294 g/mol. The molecule has 21 heavy (non-hydrogen) atoms.